The van der Waals surface area contributed by atoms with Crippen LogP contribution < -0.4 is 10.6 Å². The molecule has 0 unspecified atom stereocenters. The van der Waals surface area contributed by atoms with Gasteiger partial charge in [0.25, 0.3) is 5.91 Å². The Bertz CT molecular complexity index is 977. The summed E-state index contributed by atoms with van der Waals surface area (Å²) in [4.78, 5) is 24.6. The minimum absolute atomic E-state index is 0.147. The summed E-state index contributed by atoms with van der Waals surface area (Å²) in [6.45, 7) is 3.25. The number of amides is 2. The fourth-order valence-corrected chi connectivity index (χ4v) is 2.46. The molecule has 3 rings (SSSR count). The number of halogens is 1. The molecule has 1 atom stereocenters. The molecule has 0 fully saturated rings. The molecule has 0 saturated carbocycles. The second kappa shape index (κ2) is 7.40. The van der Waals surface area contributed by atoms with Crippen molar-refractivity contribution in [2.24, 2.45) is 7.05 Å². The average molecular weight is 371 g/mol. The van der Waals surface area contributed by atoms with E-state index in [1.54, 1.807) is 45.2 Å². The third-order valence-electron chi connectivity index (χ3n) is 3.87. The highest BCUT2D eigenvalue weighted by molar-refractivity contribution is 6.00. The van der Waals surface area contributed by atoms with Crippen LogP contribution >= 0.6 is 0 Å². The maximum absolute atomic E-state index is 13.1. The van der Waals surface area contributed by atoms with Crippen molar-refractivity contribution >= 4 is 17.6 Å². The van der Waals surface area contributed by atoms with Crippen molar-refractivity contribution in [2.45, 2.75) is 19.9 Å². The van der Waals surface area contributed by atoms with Crippen molar-refractivity contribution in [2.75, 3.05) is 5.32 Å². The van der Waals surface area contributed by atoms with E-state index in [4.69, 9.17) is 4.52 Å². The number of benzene rings is 1. The van der Waals surface area contributed by atoms with Crippen LogP contribution in [0, 0.1) is 12.7 Å². The molecule has 0 aliphatic carbocycles. The maximum Gasteiger partial charge on any atom is 0.272 e. The lowest BCUT2D eigenvalue weighted by Gasteiger charge is -2.11. The smallest absolute Gasteiger partial charge is 0.272 e. The van der Waals surface area contributed by atoms with Gasteiger partial charge in [-0.3, -0.25) is 14.3 Å². The summed E-state index contributed by atoms with van der Waals surface area (Å²) in [6.07, 6.45) is 0. The Labute approximate surface area is 154 Å². The highest BCUT2D eigenvalue weighted by Gasteiger charge is 2.20. The number of rotatable bonds is 5. The number of aryl methyl sites for hydroxylation is 2. The van der Waals surface area contributed by atoms with E-state index in [0.717, 1.165) is 5.56 Å². The topological polar surface area (TPSA) is 102 Å². The molecule has 1 aromatic carbocycles. The Balaban J connectivity index is 1.68. The van der Waals surface area contributed by atoms with Gasteiger partial charge in [-0.05, 0) is 49.7 Å². The van der Waals surface area contributed by atoms with E-state index in [1.165, 1.54) is 16.8 Å². The van der Waals surface area contributed by atoms with Gasteiger partial charge in [-0.25, -0.2) is 4.39 Å². The Morgan fingerprint density at radius 3 is 2.56 bits per heavy atom. The van der Waals surface area contributed by atoms with Gasteiger partial charge in [-0.15, -0.1) is 0 Å². The zero-order valence-corrected chi connectivity index (χ0v) is 15.0. The number of nitrogens with zero attached hydrogens (tertiary/aromatic N) is 3. The second-order valence-corrected chi connectivity index (χ2v) is 6.05. The van der Waals surface area contributed by atoms with Crippen molar-refractivity contribution in [1.82, 2.24) is 20.3 Å². The number of hydrogen-bond donors (Lipinski definition) is 2. The quantitative estimate of drug-likeness (QED) is 0.716. The molecule has 2 amide bonds. The molecule has 2 N–H and O–H groups in total. The van der Waals surface area contributed by atoms with E-state index < -0.39 is 17.9 Å². The van der Waals surface area contributed by atoms with E-state index in [1.807, 2.05) is 0 Å². The first-order chi connectivity index (χ1) is 12.8. The van der Waals surface area contributed by atoms with E-state index >= 15 is 0 Å². The fourth-order valence-electron chi connectivity index (χ4n) is 2.46. The lowest BCUT2D eigenvalue weighted by Crippen LogP contribution is -2.41. The largest absolute Gasteiger partial charge is 0.360 e. The number of hydrogen-bond acceptors (Lipinski definition) is 5. The van der Waals surface area contributed by atoms with Crippen molar-refractivity contribution in [3.63, 3.8) is 0 Å². The van der Waals surface area contributed by atoms with Gasteiger partial charge >= 0.3 is 0 Å². The van der Waals surface area contributed by atoms with E-state index in [9.17, 15) is 14.0 Å². The number of carbonyl (C=O) groups is 2. The summed E-state index contributed by atoms with van der Waals surface area (Å²) < 4.78 is 19.5. The number of nitrogens with one attached hydrogen (secondary N) is 2. The van der Waals surface area contributed by atoms with Crippen LogP contribution in [0.25, 0.3) is 11.3 Å². The van der Waals surface area contributed by atoms with Crippen LogP contribution in [0.5, 0.6) is 0 Å². The van der Waals surface area contributed by atoms with Gasteiger partial charge in [0.1, 0.15) is 17.6 Å². The molecule has 0 radical (unpaired) electrons. The van der Waals surface area contributed by atoms with E-state index in [0.29, 0.717) is 11.5 Å². The minimum Gasteiger partial charge on any atom is -0.360 e. The molecule has 0 saturated heterocycles. The Hall–Kier alpha value is -3.49. The predicted molar refractivity (Wildman–Crippen MR) is 95.4 cm³/mol. The molecule has 2 aromatic heterocycles. The van der Waals surface area contributed by atoms with Gasteiger partial charge in [0, 0.05) is 13.1 Å². The van der Waals surface area contributed by atoms with Crippen molar-refractivity contribution in [3.05, 3.63) is 53.7 Å². The Kier molecular flexibility index (Phi) is 5.02. The molecule has 0 aliphatic heterocycles. The summed E-state index contributed by atoms with van der Waals surface area (Å²) in [5.41, 5.74) is 1.52. The molecule has 27 heavy (non-hydrogen) atoms. The van der Waals surface area contributed by atoms with Crippen molar-refractivity contribution in [1.29, 1.82) is 0 Å². The number of anilines is 1. The van der Waals surface area contributed by atoms with Crippen LogP contribution in [-0.2, 0) is 11.8 Å². The molecule has 0 spiro atoms. The minimum atomic E-state index is -0.814. The van der Waals surface area contributed by atoms with Gasteiger partial charge in [0.15, 0.2) is 11.5 Å². The zero-order chi connectivity index (χ0) is 19.6. The molecule has 3 aromatic rings. The summed E-state index contributed by atoms with van der Waals surface area (Å²) in [7, 11) is 1.68. The number of carbonyl (C=O) groups excluding carboxylic acids is 2. The number of aromatic nitrogens is 3. The van der Waals surface area contributed by atoms with E-state index in [2.05, 4.69) is 20.9 Å². The summed E-state index contributed by atoms with van der Waals surface area (Å²) in [5, 5.41) is 13.0. The molecular formula is C18H18FN5O3. The van der Waals surface area contributed by atoms with Gasteiger partial charge in [-0.2, -0.15) is 5.10 Å². The molecule has 0 aliphatic rings. The van der Waals surface area contributed by atoms with Gasteiger partial charge in [-0.1, -0.05) is 5.16 Å². The van der Waals surface area contributed by atoms with Gasteiger partial charge < -0.3 is 15.2 Å². The fraction of sp³-hybridized carbons (Fsp3) is 0.222. The van der Waals surface area contributed by atoms with Crippen LogP contribution in [-0.4, -0.2) is 32.8 Å². The highest BCUT2D eigenvalue weighted by atomic mass is 19.1. The molecule has 9 heteroatoms. The van der Waals surface area contributed by atoms with Crippen LogP contribution in [0.15, 0.2) is 40.9 Å². The normalized spacial score (nSPS) is 11.9. The van der Waals surface area contributed by atoms with Crippen LogP contribution in [0.3, 0.4) is 0 Å². The standard InChI is InChI=1S/C18H18FN5O3/c1-10-8-16(23-27-10)21-17(25)11(2)20-18(26)14-9-15(24(3)22-14)12-4-6-13(19)7-5-12/h4-9,11H,1-3H3,(H,20,26)(H,21,23,25)/t11-/m1/s1. The molecule has 2 heterocycles. The molecule has 140 valence electrons. The lowest BCUT2D eigenvalue weighted by molar-refractivity contribution is -0.117. The first kappa shape index (κ1) is 18.3. The first-order valence-electron chi connectivity index (χ1n) is 8.18. The highest BCUT2D eigenvalue weighted by Crippen LogP contribution is 2.20. The average Bonchev–Trinajstić information content (AvgIpc) is 3.21. The summed E-state index contributed by atoms with van der Waals surface area (Å²) in [5.74, 6) is -0.454. The third kappa shape index (κ3) is 4.20. The lowest BCUT2D eigenvalue weighted by atomic mass is 10.1. The van der Waals surface area contributed by atoms with Crippen molar-refractivity contribution < 1.29 is 18.5 Å². The monoisotopic (exact) mass is 371 g/mol. The SMILES string of the molecule is Cc1cc(NC(=O)[C@@H](C)NC(=O)c2cc(-c3ccc(F)cc3)n(C)n2)no1. The Morgan fingerprint density at radius 1 is 1.22 bits per heavy atom. The predicted octanol–water partition coefficient (Wildman–Crippen LogP) is 2.28. The van der Waals surface area contributed by atoms with Crippen LogP contribution in [0.4, 0.5) is 10.2 Å². The Morgan fingerprint density at radius 2 is 1.93 bits per heavy atom. The molecule has 8 nitrogen and oxygen atoms in total. The van der Waals surface area contributed by atoms with Crippen LogP contribution in [0.1, 0.15) is 23.2 Å². The van der Waals surface area contributed by atoms with Crippen molar-refractivity contribution in [3.8, 4) is 11.3 Å². The van der Waals surface area contributed by atoms with Gasteiger partial charge in [0.05, 0.1) is 5.69 Å². The molecule has 0 bridgehead atoms. The van der Waals surface area contributed by atoms with E-state index in [-0.39, 0.29) is 17.3 Å². The first-order valence-corrected chi connectivity index (χ1v) is 8.18. The summed E-state index contributed by atoms with van der Waals surface area (Å²) >= 11 is 0. The van der Waals surface area contributed by atoms with Crippen LogP contribution in [0.2, 0.25) is 0 Å². The maximum atomic E-state index is 13.1. The molecular weight excluding hydrogens is 353 g/mol. The third-order valence-corrected chi connectivity index (χ3v) is 3.87. The summed E-state index contributed by atoms with van der Waals surface area (Å²) in [6, 6.07) is 8.20. The van der Waals surface area contributed by atoms with Gasteiger partial charge in [0.2, 0.25) is 5.91 Å². The zero-order valence-electron chi connectivity index (χ0n) is 15.0. The second-order valence-electron chi connectivity index (χ2n) is 6.05.